The second-order valence-electron chi connectivity index (χ2n) is 8.03. The number of rotatable bonds is 8. The molecule has 1 N–H and O–H groups in total. The van der Waals surface area contributed by atoms with Crippen LogP contribution in [0.1, 0.15) is 35.2 Å². The Morgan fingerprint density at radius 2 is 1.71 bits per heavy atom. The highest BCUT2D eigenvalue weighted by molar-refractivity contribution is 6.01. The molecule has 0 spiro atoms. The number of phenols is 1. The standard InChI is InChI=1S/C26H29NO4/c1-30-22-10-11-23-20(17-22)7-12-25(28)24(23)18-26(29)19-5-8-21(9-6-19)31-16-15-27-13-3-2-4-14-27/h5-12,17,28H,2-4,13-16,18H2,1H3. The second-order valence-corrected chi connectivity index (χ2v) is 8.03. The zero-order valence-electron chi connectivity index (χ0n) is 18.0. The number of hydrogen-bond donors (Lipinski definition) is 1. The predicted molar refractivity (Wildman–Crippen MR) is 122 cm³/mol. The van der Waals surface area contributed by atoms with Crippen molar-refractivity contribution in [2.24, 2.45) is 0 Å². The van der Waals surface area contributed by atoms with Crippen LogP contribution >= 0.6 is 0 Å². The monoisotopic (exact) mass is 419 g/mol. The number of benzene rings is 3. The molecule has 0 amide bonds. The van der Waals surface area contributed by atoms with Crippen molar-refractivity contribution < 1.29 is 19.4 Å². The van der Waals surface area contributed by atoms with E-state index < -0.39 is 0 Å². The molecule has 162 valence electrons. The van der Waals surface area contributed by atoms with Gasteiger partial charge < -0.3 is 14.6 Å². The lowest BCUT2D eigenvalue weighted by Gasteiger charge is -2.26. The van der Waals surface area contributed by atoms with Crippen LogP contribution in [0.5, 0.6) is 17.2 Å². The first-order valence-corrected chi connectivity index (χ1v) is 10.9. The molecule has 1 fully saturated rings. The van der Waals surface area contributed by atoms with Gasteiger partial charge in [0.05, 0.1) is 7.11 Å². The molecule has 3 aromatic rings. The van der Waals surface area contributed by atoms with Crippen LogP contribution in [0.2, 0.25) is 0 Å². The van der Waals surface area contributed by atoms with Gasteiger partial charge in [0.15, 0.2) is 5.78 Å². The topological polar surface area (TPSA) is 59.0 Å². The molecule has 1 aliphatic heterocycles. The number of ether oxygens (including phenoxy) is 2. The fourth-order valence-corrected chi connectivity index (χ4v) is 4.15. The van der Waals surface area contributed by atoms with Gasteiger partial charge in [0.1, 0.15) is 23.9 Å². The summed E-state index contributed by atoms with van der Waals surface area (Å²) in [6, 6.07) is 16.4. The van der Waals surface area contributed by atoms with Gasteiger partial charge in [0, 0.05) is 24.1 Å². The molecule has 0 bridgehead atoms. The average Bonchev–Trinajstić information content (AvgIpc) is 2.81. The van der Waals surface area contributed by atoms with E-state index in [1.165, 1.54) is 19.3 Å². The summed E-state index contributed by atoms with van der Waals surface area (Å²) in [6.45, 7) is 3.90. The van der Waals surface area contributed by atoms with Gasteiger partial charge in [-0.2, -0.15) is 0 Å². The highest BCUT2D eigenvalue weighted by Crippen LogP contribution is 2.31. The summed E-state index contributed by atoms with van der Waals surface area (Å²) in [5, 5.41) is 12.2. The zero-order valence-corrected chi connectivity index (χ0v) is 18.0. The normalized spacial score (nSPS) is 14.5. The molecule has 5 heteroatoms. The summed E-state index contributed by atoms with van der Waals surface area (Å²) in [6.07, 6.45) is 4.01. The number of Topliss-reactive ketones (excluding diaryl/α,β-unsaturated/α-hetero) is 1. The molecule has 0 aliphatic carbocycles. The molecule has 1 heterocycles. The van der Waals surface area contributed by atoms with Gasteiger partial charge in [-0.25, -0.2) is 0 Å². The Hall–Kier alpha value is -3.05. The lowest BCUT2D eigenvalue weighted by atomic mass is 9.96. The zero-order chi connectivity index (χ0) is 21.6. The maximum atomic E-state index is 12.9. The Kier molecular flexibility index (Phi) is 6.73. The second kappa shape index (κ2) is 9.84. The van der Waals surface area contributed by atoms with Crippen LogP contribution < -0.4 is 9.47 Å². The summed E-state index contributed by atoms with van der Waals surface area (Å²) in [5.41, 5.74) is 1.24. The minimum absolute atomic E-state index is 0.0431. The van der Waals surface area contributed by atoms with Crippen LogP contribution in [0.4, 0.5) is 0 Å². The van der Waals surface area contributed by atoms with E-state index in [0.717, 1.165) is 41.9 Å². The largest absolute Gasteiger partial charge is 0.508 e. The number of carbonyl (C=O) groups is 1. The quantitative estimate of drug-likeness (QED) is 0.529. The summed E-state index contributed by atoms with van der Waals surface area (Å²) in [4.78, 5) is 15.3. The number of nitrogens with zero attached hydrogens (tertiary/aromatic N) is 1. The van der Waals surface area contributed by atoms with E-state index in [2.05, 4.69) is 4.90 Å². The van der Waals surface area contributed by atoms with Crippen LogP contribution in [-0.2, 0) is 6.42 Å². The van der Waals surface area contributed by atoms with Gasteiger partial charge in [-0.05, 0) is 79.2 Å². The van der Waals surface area contributed by atoms with E-state index in [1.807, 2.05) is 36.4 Å². The van der Waals surface area contributed by atoms with Crippen molar-refractivity contribution in [3.8, 4) is 17.2 Å². The molecule has 5 nitrogen and oxygen atoms in total. The molecular weight excluding hydrogens is 390 g/mol. The predicted octanol–water partition coefficient (Wildman–Crippen LogP) is 4.84. The number of aromatic hydroxyl groups is 1. The van der Waals surface area contributed by atoms with Crippen molar-refractivity contribution in [3.05, 3.63) is 65.7 Å². The van der Waals surface area contributed by atoms with Crippen molar-refractivity contribution in [2.75, 3.05) is 33.4 Å². The number of carbonyl (C=O) groups excluding carboxylic acids is 1. The highest BCUT2D eigenvalue weighted by atomic mass is 16.5. The van der Waals surface area contributed by atoms with Gasteiger partial charge in [0.25, 0.3) is 0 Å². The van der Waals surface area contributed by atoms with Crippen molar-refractivity contribution in [2.45, 2.75) is 25.7 Å². The number of likely N-dealkylation sites (tertiary alicyclic amines) is 1. The van der Waals surface area contributed by atoms with E-state index in [1.54, 1.807) is 25.3 Å². The molecular formula is C26H29NO4. The summed E-state index contributed by atoms with van der Waals surface area (Å²) < 4.78 is 11.1. The molecule has 0 saturated carbocycles. The fourth-order valence-electron chi connectivity index (χ4n) is 4.15. The third kappa shape index (κ3) is 5.17. The molecule has 0 radical (unpaired) electrons. The van der Waals surface area contributed by atoms with Crippen molar-refractivity contribution in [1.29, 1.82) is 0 Å². The summed E-state index contributed by atoms with van der Waals surface area (Å²) >= 11 is 0. The Balaban J connectivity index is 1.40. The molecule has 0 atom stereocenters. The first kappa shape index (κ1) is 21.2. The van der Waals surface area contributed by atoms with Gasteiger partial charge in [0.2, 0.25) is 0 Å². The number of methoxy groups -OCH3 is 1. The lowest BCUT2D eigenvalue weighted by molar-refractivity contribution is 0.0992. The third-order valence-corrected chi connectivity index (χ3v) is 5.95. The Morgan fingerprint density at radius 3 is 2.45 bits per heavy atom. The van der Waals surface area contributed by atoms with Gasteiger partial charge in [-0.15, -0.1) is 0 Å². The van der Waals surface area contributed by atoms with Crippen LogP contribution in [0.25, 0.3) is 10.8 Å². The molecule has 0 aromatic heterocycles. The summed E-state index contributed by atoms with van der Waals surface area (Å²) in [7, 11) is 1.62. The summed E-state index contributed by atoms with van der Waals surface area (Å²) in [5.74, 6) is 1.60. The maximum Gasteiger partial charge on any atom is 0.167 e. The van der Waals surface area contributed by atoms with Crippen LogP contribution in [0, 0.1) is 0 Å². The number of phenolic OH excluding ortho intramolecular Hbond substituents is 1. The number of hydrogen-bond acceptors (Lipinski definition) is 5. The molecule has 31 heavy (non-hydrogen) atoms. The third-order valence-electron chi connectivity index (χ3n) is 5.95. The van der Waals surface area contributed by atoms with Crippen LogP contribution in [-0.4, -0.2) is 49.1 Å². The van der Waals surface area contributed by atoms with Gasteiger partial charge in [-0.1, -0.05) is 18.6 Å². The number of ketones is 1. The van der Waals surface area contributed by atoms with E-state index in [-0.39, 0.29) is 18.0 Å². The van der Waals surface area contributed by atoms with Crippen molar-refractivity contribution >= 4 is 16.6 Å². The molecule has 1 aliphatic rings. The van der Waals surface area contributed by atoms with Crippen LogP contribution in [0.15, 0.2) is 54.6 Å². The molecule has 0 unspecified atom stereocenters. The van der Waals surface area contributed by atoms with E-state index in [9.17, 15) is 9.90 Å². The Bertz CT molecular complexity index is 1040. The smallest absolute Gasteiger partial charge is 0.167 e. The minimum Gasteiger partial charge on any atom is -0.508 e. The minimum atomic E-state index is -0.0431. The maximum absolute atomic E-state index is 12.9. The fraction of sp³-hybridized carbons (Fsp3) is 0.346. The van der Waals surface area contributed by atoms with Crippen molar-refractivity contribution in [1.82, 2.24) is 4.90 Å². The van der Waals surface area contributed by atoms with Gasteiger partial charge in [-0.3, -0.25) is 9.69 Å². The first-order chi connectivity index (χ1) is 15.1. The molecule has 3 aromatic carbocycles. The van der Waals surface area contributed by atoms with E-state index in [0.29, 0.717) is 17.7 Å². The number of fused-ring (bicyclic) bond motifs is 1. The van der Waals surface area contributed by atoms with Gasteiger partial charge >= 0.3 is 0 Å². The average molecular weight is 420 g/mol. The first-order valence-electron chi connectivity index (χ1n) is 10.9. The van der Waals surface area contributed by atoms with Crippen molar-refractivity contribution in [3.63, 3.8) is 0 Å². The lowest BCUT2D eigenvalue weighted by Crippen LogP contribution is -2.33. The molecule has 4 rings (SSSR count). The number of piperidine rings is 1. The SMILES string of the molecule is COc1ccc2c(CC(=O)c3ccc(OCCN4CCCCC4)cc3)c(O)ccc2c1. The van der Waals surface area contributed by atoms with E-state index >= 15 is 0 Å². The molecule has 1 saturated heterocycles. The van der Waals surface area contributed by atoms with Crippen LogP contribution in [0.3, 0.4) is 0 Å². The highest BCUT2D eigenvalue weighted by Gasteiger charge is 2.14. The Morgan fingerprint density at radius 1 is 0.968 bits per heavy atom. The van der Waals surface area contributed by atoms with E-state index in [4.69, 9.17) is 9.47 Å². The Labute approximate surface area is 183 Å².